The van der Waals surface area contributed by atoms with E-state index in [1.807, 2.05) is 4.90 Å². The second-order valence-corrected chi connectivity index (χ2v) is 8.85. The first kappa shape index (κ1) is 28.1. The van der Waals surface area contributed by atoms with Crippen molar-refractivity contribution in [1.29, 1.82) is 0 Å². The highest BCUT2D eigenvalue weighted by molar-refractivity contribution is 5.79. The Kier molecular flexibility index (Phi) is 8.48. The van der Waals surface area contributed by atoms with Crippen molar-refractivity contribution in [3.63, 3.8) is 0 Å². The summed E-state index contributed by atoms with van der Waals surface area (Å²) < 4.78 is 106. The molecule has 2 heterocycles. The van der Waals surface area contributed by atoms with Crippen molar-refractivity contribution in [2.45, 2.75) is 50.3 Å². The van der Waals surface area contributed by atoms with Gasteiger partial charge in [0.1, 0.15) is 0 Å². The number of carbonyl (C=O) groups is 2. The molecule has 1 amide bonds. The zero-order valence-electron chi connectivity index (χ0n) is 19.0. The summed E-state index contributed by atoms with van der Waals surface area (Å²) in [7, 11) is 0. The van der Waals surface area contributed by atoms with Gasteiger partial charge in [0.2, 0.25) is 0 Å². The molecule has 2 aliphatic heterocycles. The normalized spacial score (nSPS) is 20.0. The van der Waals surface area contributed by atoms with Crippen LogP contribution < -0.4 is 0 Å². The molecule has 3 rings (SSSR count). The van der Waals surface area contributed by atoms with E-state index in [2.05, 4.69) is 4.74 Å². The third kappa shape index (κ3) is 7.28. The maximum Gasteiger partial charge on any atom is 0.434 e. The lowest BCUT2D eigenvalue weighted by Gasteiger charge is -2.35. The highest BCUT2D eigenvalue weighted by Gasteiger charge is 2.60. The molecule has 1 aromatic carbocycles. The molecule has 2 fully saturated rings. The van der Waals surface area contributed by atoms with E-state index in [4.69, 9.17) is 0 Å². The summed E-state index contributed by atoms with van der Waals surface area (Å²) in [5, 5.41) is 0. The van der Waals surface area contributed by atoms with Crippen molar-refractivity contribution in [2.75, 3.05) is 39.3 Å². The maximum absolute atomic E-state index is 13.4. The summed E-state index contributed by atoms with van der Waals surface area (Å²) in [5.74, 6) is -2.69. The first-order valence-electron chi connectivity index (χ1n) is 11.2. The third-order valence-corrected chi connectivity index (χ3v) is 6.22. The quantitative estimate of drug-likeness (QED) is 0.401. The molecule has 0 atom stereocenters. The number of aldehydes is 1. The number of likely N-dealkylation sites (tertiary alicyclic amines) is 1. The molecule has 2 saturated heterocycles. The van der Waals surface area contributed by atoms with Crippen molar-refractivity contribution in [1.82, 2.24) is 14.7 Å². The molecule has 0 N–H and O–H groups in total. The van der Waals surface area contributed by atoms with Crippen molar-refractivity contribution >= 4 is 12.4 Å². The average molecular weight is 531 g/mol. The van der Waals surface area contributed by atoms with Gasteiger partial charge in [-0.1, -0.05) is 18.2 Å². The number of carbonyl (C=O) groups excluding carboxylic acids is 2. The molecule has 14 heteroatoms. The summed E-state index contributed by atoms with van der Waals surface area (Å²) in [4.78, 5) is 28.2. The molecule has 2 aliphatic rings. The second-order valence-electron chi connectivity index (χ2n) is 8.85. The lowest BCUT2D eigenvalue weighted by molar-refractivity contribution is -0.308. The highest BCUT2D eigenvalue weighted by Crippen LogP contribution is 2.36. The highest BCUT2D eigenvalue weighted by atomic mass is 19.4. The second kappa shape index (κ2) is 10.9. The molecule has 0 radical (unpaired) electrons. The number of piperidine rings is 1. The maximum atomic E-state index is 13.4. The number of piperazine rings is 1. The predicted molar refractivity (Wildman–Crippen MR) is 111 cm³/mol. The lowest BCUT2D eigenvalue weighted by atomic mass is 9.99. The number of hydrogen-bond donors (Lipinski definition) is 0. The molecule has 6 nitrogen and oxygen atoms in total. The topological polar surface area (TPSA) is 53.1 Å². The smallest absolute Gasteiger partial charge is 0.426 e. The van der Waals surface area contributed by atoms with E-state index in [1.54, 1.807) is 23.1 Å². The van der Waals surface area contributed by atoms with Crippen LogP contribution in [0.2, 0.25) is 0 Å². The van der Waals surface area contributed by atoms with Crippen LogP contribution in [0.15, 0.2) is 18.2 Å². The summed E-state index contributed by atoms with van der Waals surface area (Å²) in [6.07, 6.45) is -17.4. The summed E-state index contributed by atoms with van der Waals surface area (Å²) in [6, 6.07) is 5.15. The Labute approximate surface area is 201 Å². The van der Waals surface area contributed by atoms with Crippen molar-refractivity contribution < 1.29 is 49.4 Å². The van der Waals surface area contributed by atoms with Gasteiger partial charge in [-0.15, -0.1) is 0 Å². The molecule has 1 aromatic rings. The van der Waals surface area contributed by atoms with Gasteiger partial charge in [0.05, 0.1) is 0 Å². The average Bonchev–Trinajstić information content (AvgIpc) is 2.78. The lowest BCUT2D eigenvalue weighted by Crippen LogP contribution is -2.52. The van der Waals surface area contributed by atoms with Crippen LogP contribution in [0.25, 0.3) is 0 Å². The van der Waals surface area contributed by atoms with Crippen LogP contribution in [0.1, 0.15) is 34.3 Å². The monoisotopic (exact) mass is 531 g/mol. The van der Waals surface area contributed by atoms with Crippen LogP contribution in [0.4, 0.5) is 39.9 Å². The van der Waals surface area contributed by atoms with Crippen LogP contribution in [-0.4, -0.2) is 90.7 Å². The van der Waals surface area contributed by atoms with E-state index in [-0.39, 0.29) is 58.7 Å². The van der Waals surface area contributed by atoms with Crippen LogP contribution in [0, 0.1) is 0 Å². The van der Waals surface area contributed by atoms with Crippen molar-refractivity contribution in [2.24, 2.45) is 0 Å². The van der Waals surface area contributed by atoms with E-state index >= 15 is 0 Å². The van der Waals surface area contributed by atoms with Gasteiger partial charge in [0.15, 0.2) is 6.29 Å². The molecule has 0 bridgehead atoms. The van der Waals surface area contributed by atoms with Gasteiger partial charge < -0.3 is 9.64 Å². The fourth-order valence-electron chi connectivity index (χ4n) is 4.20. The van der Waals surface area contributed by atoms with Crippen LogP contribution in [0.3, 0.4) is 0 Å². The molecule has 36 heavy (non-hydrogen) atoms. The van der Waals surface area contributed by atoms with Gasteiger partial charge in [-0.05, 0) is 11.1 Å². The minimum atomic E-state index is -5.79. The number of hydrogen-bond acceptors (Lipinski definition) is 5. The number of ether oxygens (including phenoxy) is 1. The largest absolute Gasteiger partial charge is 0.434 e. The fourth-order valence-corrected chi connectivity index (χ4v) is 4.20. The minimum Gasteiger partial charge on any atom is -0.426 e. The molecule has 0 aromatic heterocycles. The Morgan fingerprint density at radius 3 is 1.81 bits per heavy atom. The van der Waals surface area contributed by atoms with Gasteiger partial charge in [0, 0.05) is 70.8 Å². The number of amides is 1. The van der Waals surface area contributed by atoms with E-state index in [0.29, 0.717) is 29.5 Å². The van der Waals surface area contributed by atoms with Gasteiger partial charge in [0.25, 0.3) is 12.0 Å². The standard InChI is InChI=1S/C22H25F8N3O3/c23-20(24)4-6-31(7-5-20)12-15-2-1-3-16(17(15)14-34)13-32-8-10-33(11-9-32)19(35)36-18(21(25,26)27)22(28,29)30/h1-3,14,18H,4-13H2. The van der Waals surface area contributed by atoms with Crippen molar-refractivity contribution in [3.05, 3.63) is 34.9 Å². The summed E-state index contributed by atoms with van der Waals surface area (Å²) >= 11 is 0. The van der Waals surface area contributed by atoms with E-state index in [9.17, 15) is 44.7 Å². The van der Waals surface area contributed by atoms with Crippen LogP contribution >= 0.6 is 0 Å². The molecule has 0 saturated carbocycles. The van der Waals surface area contributed by atoms with E-state index in [0.717, 1.165) is 4.90 Å². The molecule has 202 valence electrons. The number of rotatable bonds is 6. The van der Waals surface area contributed by atoms with Crippen molar-refractivity contribution in [3.8, 4) is 0 Å². The zero-order chi connectivity index (χ0) is 26.7. The molecular formula is C22H25F8N3O3. The number of nitrogens with zero attached hydrogens (tertiary/aromatic N) is 3. The van der Waals surface area contributed by atoms with E-state index < -0.39 is 30.5 Å². The Bertz CT molecular complexity index is 906. The van der Waals surface area contributed by atoms with Gasteiger partial charge in [-0.2, -0.15) is 26.3 Å². The minimum absolute atomic E-state index is 0.127. The molecular weight excluding hydrogens is 506 g/mol. The van der Waals surface area contributed by atoms with Gasteiger partial charge in [-0.3, -0.25) is 14.6 Å². The fraction of sp³-hybridized carbons (Fsp3) is 0.636. The summed E-state index contributed by atoms with van der Waals surface area (Å²) in [6.45, 7) is 0.865. The van der Waals surface area contributed by atoms with Crippen LogP contribution in [-0.2, 0) is 17.8 Å². The predicted octanol–water partition coefficient (Wildman–Crippen LogP) is 4.48. The Morgan fingerprint density at radius 1 is 0.889 bits per heavy atom. The van der Waals surface area contributed by atoms with Gasteiger partial charge >= 0.3 is 18.4 Å². The number of halogens is 8. The van der Waals surface area contributed by atoms with E-state index in [1.165, 1.54) is 0 Å². The molecule has 0 unspecified atom stereocenters. The first-order valence-corrected chi connectivity index (χ1v) is 11.2. The Balaban J connectivity index is 1.58. The molecule has 0 aliphatic carbocycles. The molecule has 0 spiro atoms. The number of benzene rings is 1. The zero-order valence-corrected chi connectivity index (χ0v) is 19.0. The first-order chi connectivity index (χ1) is 16.7. The Hall–Kier alpha value is -2.48. The Morgan fingerprint density at radius 2 is 1.36 bits per heavy atom. The SMILES string of the molecule is O=Cc1c(CN2CCN(C(=O)OC(C(F)(F)F)C(F)(F)F)CC2)cccc1CN1CCC(F)(F)CC1. The van der Waals surface area contributed by atoms with Crippen LogP contribution in [0.5, 0.6) is 0 Å². The third-order valence-electron chi connectivity index (χ3n) is 6.22. The summed E-state index contributed by atoms with van der Waals surface area (Å²) in [5.41, 5.74) is 1.70. The van der Waals surface area contributed by atoms with Gasteiger partial charge in [-0.25, -0.2) is 13.6 Å². The number of alkyl halides is 8.